The summed E-state index contributed by atoms with van der Waals surface area (Å²) in [5.74, 6) is 1.56. The quantitative estimate of drug-likeness (QED) is 0.686. The molecular formula is C20H23FN6O. The van der Waals surface area contributed by atoms with Crippen molar-refractivity contribution in [3.63, 3.8) is 0 Å². The molecule has 0 aliphatic heterocycles. The molecule has 1 fully saturated rings. The Balaban J connectivity index is 1.48. The molecule has 0 saturated heterocycles. The lowest BCUT2D eigenvalue weighted by Crippen LogP contribution is -2.35. The first-order valence-electron chi connectivity index (χ1n) is 9.33. The molecule has 7 nitrogen and oxygen atoms in total. The van der Waals surface area contributed by atoms with Crippen molar-refractivity contribution in [2.24, 2.45) is 13.0 Å². The Labute approximate surface area is 162 Å². The van der Waals surface area contributed by atoms with Crippen LogP contribution in [-0.4, -0.2) is 25.4 Å². The van der Waals surface area contributed by atoms with Gasteiger partial charge in [0.2, 0.25) is 0 Å². The molecule has 1 aliphatic rings. The van der Waals surface area contributed by atoms with Crippen LogP contribution in [0, 0.1) is 18.7 Å². The lowest BCUT2D eigenvalue weighted by atomic mass is 10.1. The zero-order valence-corrected chi connectivity index (χ0v) is 15.9. The minimum Gasteiger partial charge on any atom is -0.336 e. The molecule has 0 radical (unpaired) electrons. The summed E-state index contributed by atoms with van der Waals surface area (Å²) in [4.78, 5) is 17.1. The Bertz CT molecular complexity index is 990. The fraction of sp³-hybridized carbons (Fsp3) is 0.350. The van der Waals surface area contributed by atoms with E-state index in [2.05, 4.69) is 20.7 Å². The molecule has 8 heteroatoms. The molecule has 3 aromatic rings. The van der Waals surface area contributed by atoms with Crippen molar-refractivity contribution in [1.82, 2.24) is 24.6 Å². The second-order valence-electron chi connectivity index (χ2n) is 7.27. The topological polar surface area (TPSA) is 76.8 Å². The second kappa shape index (κ2) is 7.46. The van der Waals surface area contributed by atoms with Crippen molar-refractivity contribution in [1.29, 1.82) is 0 Å². The van der Waals surface area contributed by atoms with Gasteiger partial charge in [-0.1, -0.05) is 12.1 Å². The molecule has 28 heavy (non-hydrogen) atoms. The predicted octanol–water partition coefficient (Wildman–Crippen LogP) is 3.39. The minimum atomic E-state index is -0.302. The molecule has 4 rings (SSSR count). The number of nitrogens with one attached hydrogen (secondary N) is 2. The van der Waals surface area contributed by atoms with E-state index in [0.717, 1.165) is 29.8 Å². The highest BCUT2D eigenvalue weighted by Gasteiger charge is 2.35. The number of hydrogen-bond acceptors (Lipinski definition) is 3. The van der Waals surface area contributed by atoms with E-state index in [4.69, 9.17) is 0 Å². The number of hydrogen-bond donors (Lipinski definition) is 2. The molecule has 2 heterocycles. The lowest BCUT2D eigenvalue weighted by Gasteiger charge is -2.19. The van der Waals surface area contributed by atoms with Crippen LogP contribution in [0.4, 0.5) is 15.0 Å². The van der Waals surface area contributed by atoms with Gasteiger partial charge in [-0.15, -0.1) is 0 Å². The van der Waals surface area contributed by atoms with Gasteiger partial charge in [0.1, 0.15) is 17.5 Å². The third-order valence-electron chi connectivity index (χ3n) is 4.99. The zero-order valence-electron chi connectivity index (χ0n) is 15.9. The number of halogens is 1. The van der Waals surface area contributed by atoms with Gasteiger partial charge < -0.3 is 9.88 Å². The van der Waals surface area contributed by atoms with Gasteiger partial charge >= 0.3 is 6.03 Å². The highest BCUT2D eigenvalue weighted by atomic mass is 19.1. The van der Waals surface area contributed by atoms with Crippen molar-refractivity contribution in [3.05, 3.63) is 65.6 Å². The number of nitrogens with zero attached hydrogens (tertiary/aromatic N) is 4. The molecule has 1 saturated carbocycles. The summed E-state index contributed by atoms with van der Waals surface area (Å²) in [6, 6.07) is 5.93. The summed E-state index contributed by atoms with van der Waals surface area (Å²) < 4.78 is 17.1. The highest BCUT2D eigenvalue weighted by Crippen LogP contribution is 2.40. The van der Waals surface area contributed by atoms with Crippen LogP contribution in [-0.2, 0) is 13.6 Å². The van der Waals surface area contributed by atoms with E-state index in [9.17, 15) is 9.18 Å². The first-order chi connectivity index (χ1) is 13.5. The summed E-state index contributed by atoms with van der Waals surface area (Å²) in [5.41, 5.74) is 1.61. The van der Waals surface area contributed by atoms with Crippen molar-refractivity contribution in [2.75, 3.05) is 5.32 Å². The van der Waals surface area contributed by atoms with Crippen LogP contribution < -0.4 is 10.6 Å². The van der Waals surface area contributed by atoms with Crippen LogP contribution in [0.1, 0.15) is 35.8 Å². The van der Waals surface area contributed by atoms with Gasteiger partial charge in [-0.05, 0) is 43.4 Å². The fourth-order valence-corrected chi connectivity index (χ4v) is 3.35. The number of urea groups is 1. The maximum absolute atomic E-state index is 13.5. The summed E-state index contributed by atoms with van der Waals surface area (Å²) >= 11 is 0. The summed E-state index contributed by atoms with van der Waals surface area (Å²) in [5, 5.41) is 10.3. The predicted molar refractivity (Wildman–Crippen MR) is 103 cm³/mol. The normalized spacial score (nSPS) is 14.7. The third-order valence-corrected chi connectivity index (χ3v) is 4.99. The summed E-state index contributed by atoms with van der Waals surface area (Å²) in [7, 11) is 1.93. The number of carbonyl (C=O) groups excluding carboxylic acids is 1. The standard InChI is InChI=1S/C20H23FN6O/c1-13-11-23-27(12-14-4-3-5-16(21)10-14)18(13)25-20(28)24-17(15-6-7-15)19-22-8-9-26(19)2/h3-5,8-11,15,17H,6-7,12H2,1-2H3,(H2,24,25,28). The zero-order chi connectivity index (χ0) is 19.7. The molecule has 146 valence electrons. The van der Waals surface area contributed by atoms with E-state index in [-0.39, 0.29) is 17.9 Å². The molecule has 1 aliphatic carbocycles. The van der Waals surface area contributed by atoms with E-state index in [1.807, 2.05) is 30.8 Å². The van der Waals surface area contributed by atoms with Crippen LogP contribution in [0.5, 0.6) is 0 Å². The third kappa shape index (κ3) is 3.90. The Morgan fingerprint density at radius 1 is 1.39 bits per heavy atom. The first kappa shape index (κ1) is 18.2. The minimum absolute atomic E-state index is 0.125. The summed E-state index contributed by atoms with van der Waals surface area (Å²) in [6.45, 7) is 2.24. The number of aromatic nitrogens is 4. The average Bonchev–Trinajstić information content (AvgIpc) is 3.34. The Kier molecular flexibility index (Phi) is 4.85. The lowest BCUT2D eigenvalue weighted by molar-refractivity contribution is 0.246. The molecule has 2 amide bonds. The van der Waals surface area contributed by atoms with Crippen LogP contribution in [0.25, 0.3) is 0 Å². The van der Waals surface area contributed by atoms with Gasteiger partial charge in [0.05, 0.1) is 18.8 Å². The van der Waals surface area contributed by atoms with Crippen LogP contribution >= 0.6 is 0 Å². The van der Waals surface area contributed by atoms with Crippen LogP contribution in [0.15, 0.2) is 42.9 Å². The number of anilines is 1. The number of amides is 2. The van der Waals surface area contributed by atoms with Crippen molar-refractivity contribution < 1.29 is 9.18 Å². The molecule has 0 bridgehead atoms. The van der Waals surface area contributed by atoms with Crippen molar-refractivity contribution in [3.8, 4) is 0 Å². The van der Waals surface area contributed by atoms with Crippen molar-refractivity contribution >= 4 is 11.8 Å². The summed E-state index contributed by atoms with van der Waals surface area (Å²) in [6.07, 6.45) is 7.46. The molecule has 2 aromatic heterocycles. The number of carbonyl (C=O) groups is 1. The van der Waals surface area contributed by atoms with E-state index >= 15 is 0 Å². The van der Waals surface area contributed by atoms with Crippen LogP contribution in [0.2, 0.25) is 0 Å². The monoisotopic (exact) mass is 382 g/mol. The van der Waals surface area contributed by atoms with E-state index in [1.165, 1.54) is 12.1 Å². The first-order valence-corrected chi connectivity index (χ1v) is 9.33. The molecule has 1 unspecified atom stereocenters. The van der Waals surface area contributed by atoms with Gasteiger partial charge in [0.25, 0.3) is 0 Å². The van der Waals surface area contributed by atoms with E-state index in [0.29, 0.717) is 18.3 Å². The Hall–Kier alpha value is -3.16. The fourth-order valence-electron chi connectivity index (χ4n) is 3.35. The van der Waals surface area contributed by atoms with Gasteiger partial charge in [-0.3, -0.25) is 5.32 Å². The molecule has 1 aromatic carbocycles. The molecular weight excluding hydrogens is 359 g/mol. The largest absolute Gasteiger partial charge is 0.336 e. The highest BCUT2D eigenvalue weighted by molar-refractivity contribution is 5.89. The van der Waals surface area contributed by atoms with Crippen molar-refractivity contribution in [2.45, 2.75) is 32.4 Å². The number of imidazole rings is 1. The smallest absolute Gasteiger partial charge is 0.321 e. The average molecular weight is 382 g/mol. The Morgan fingerprint density at radius 2 is 2.21 bits per heavy atom. The van der Waals surface area contributed by atoms with E-state index < -0.39 is 0 Å². The number of aryl methyl sites for hydroxylation is 2. The van der Waals surface area contributed by atoms with Gasteiger partial charge in [-0.25, -0.2) is 18.9 Å². The maximum Gasteiger partial charge on any atom is 0.321 e. The van der Waals surface area contributed by atoms with Gasteiger partial charge in [0.15, 0.2) is 0 Å². The molecule has 0 spiro atoms. The molecule has 2 N–H and O–H groups in total. The molecule has 1 atom stereocenters. The Morgan fingerprint density at radius 3 is 2.89 bits per heavy atom. The SMILES string of the molecule is Cc1cnn(Cc2cccc(F)c2)c1NC(=O)NC(c1nccn1C)C1CC1. The number of rotatable bonds is 6. The van der Waals surface area contributed by atoms with Gasteiger partial charge in [-0.2, -0.15) is 5.10 Å². The maximum atomic E-state index is 13.5. The van der Waals surface area contributed by atoms with Gasteiger partial charge in [0, 0.05) is 25.0 Å². The van der Waals surface area contributed by atoms with Crippen LogP contribution in [0.3, 0.4) is 0 Å². The van der Waals surface area contributed by atoms with E-state index in [1.54, 1.807) is 23.1 Å². The second-order valence-corrected chi connectivity index (χ2v) is 7.27. The number of benzene rings is 1.